The van der Waals surface area contributed by atoms with Crippen LogP contribution >= 0.6 is 11.6 Å². The minimum absolute atomic E-state index is 0.00418. The molecule has 0 atom stereocenters. The van der Waals surface area contributed by atoms with Gasteiger partial charge in [-0.05, 0) is 30.3 Å². The highest BCUT2D eigenvalue weighted by atomic mass is 35.5. The van der Waals surface area contributed by atoms with Crippen molar-refractivity contribution in [1.82, 2.24) is 0 Å². The molecule has 2 aromatic rings. The zero-order valence-corrected chi connectivity index (χ0v) is 12.2. The van der Waals surface area contributed by atoms with E-state index < -0.39 is 35.9 Å². The van der Waals surface area contributed by atoms with Gasteiger partial charge in [0.05, 0.1) is 16.3 Å². The highest BCUT2D eigenvalue weighted by molar-refractivity contribution is 6.33. The second kappa shape index (κ2) is 7.15. The number of carbonyl (C=O) groups excluding carboxylic acids is 2. The Morgan fingerprint density at radius 1 is 1.00 bits per heavy atom. The number of ether oxygens (including phenoxy) is 1. The fraction of sp³-hybridized carbons (Fsp3) is 0.0667. The summed E-state index contributed by atoms with van der Waals surface area (Å²) in [6.07, 6.45) is 0. The van der Waals surface area contributed by atoms with E-state index in [9.17, 15) is 22.8 Å². The second-order valence-electron chi connectivity index (χ2n) is 4.41. The lowest BCUT2D eigenvalue weighted by molar-refractivity contribution is -0.119. The fourth-order valence-corrected chi connectivity index (χ4v) is 1.83. The van der Waals surface area contributed by atoms with Crippen molar-refractivity contribution in [3.63, 3.8) is 0 Å². The Morgan fingerprint density at radius 3 is 2.30 bits per heavy atom. The van der Waals surface area contributed by atoms with Crippen LogP contribution in [0.5, 0.6) is 0 Å². The summed E-state index contributed by atoms with van der Waals surface area (Å²) >= 11 is 5.76. The molecule has 0 unspecified atom stereocenters. The molecule has 0 saturated carbocycles. The van der Waals surface area contributed by atoms with Gasteiger partial charge in [0.15, 0.2) is 6.61 Å². The Morgan fingerprint density at radius 2 is 1.65 bits per heavy atom. The average Bonchev–Trinajstić information content (AvgIpc) is 2.47. The van der Waals surface area contributed by atoms with Crippen LogP contribution in [0.3, 0.4) is 0 Å². The van der Waals surface area contributed by atoms with Gasteiger partial charge in [-0.15, -0.1) is 0 Å². The van der Waals surface area contributed by atoms with Crippen LogP contribution in [0.15, 0.2) is 36.4 Å². The average molecular weight is 344 g/mol. The van der Waals surface area contributed by atoms with Crippen LogP contribution in [0.2, 0.25) is 5.02 Å². The first-order valence-electron chi connectivity index (χ1n) is 6.23. The third kappa shape index (κ3) is 4.72. The molecule has 0 heterocycles. The van der Waals surface area contributed by atoms with Crippen molar-refractivity contribution in [3.05, 3.63) is 64.4 Å². The van der Waals surface area contributed by atoms with Crippen molar-refractivity contribution < 1.29 is 27.5 Å². The van der Waals surface area contributed by atoms with Gasteiger partial charge in [-0.1, -0.05) is 11.6 Å². The molecule has 1 N–H and O–H groups in total. The van der Waals surface area contributed by atoms with E-state index >= 15 is 0 Å². The number of benzene rings is 2. The predicted octanol–water partition coefficient (Wildman–Crippen LogP) is 3.55. The van der Waals surface area contributed by atoms with E-state index in [1.807, 2.05) is 0 Å². The van der Waals surface area contributed by atoms with Crippen LogP contribution in [-0.2, 0) is 9.53 Å². The Hall–Kier alpha value is -2.54. The van der Waals surface area contributed by atoms with Crippen molar-refractivity contribution in [2.75, 3.05) is 11.9 Å². The van der Waals surface area contributed by atoms with Crippen LogP contribution in [0.1, 0.15) is 10.4 Å². The number of rotatable bonds is 4. The minimum Gasteiger partial charge on any atom is -0.452 e. The van der Waals surface area contributed by atoms with Crippen molar-refractivity contribution in [1.29, 1.82) is 0 Å². The van der Waals surface area contributed by atoms with Crippen LogP contribution in [0, 0.1) is 17.5 Å². The first kappa shape index (κ1) is 16.8. The van der Waals surface area contributed by atoms with E-state index in [-0.39, 0.29) is 16.3 Å². The normalized spacial score (nSPS) is 10.3. The summed E-state index contributed by atoms with van der Waals surface area (Å²) in [6, 6.07) is 5.48. The van der Waals surface area contributed by atoms with Crippen LogP contribution in [0.25, 0.3) is 0 Å². The fourth-order valence-electron chi connectivity index (χ4n) is 1.67. The van der Waals surface area contributed by atoms with E-state index in [0.29, 0.717) is 6.07 Å². The van der Waals surface area contributed by atoms with E-state index in [2.05, 4.69) is 10.1 Å². The highest BCUT2D eigenvalue weighted by Crippen LogP contribution is 2.22. The Bertz CT molecular complexity index is 747. The summed E-state index contributed by atoms with van der Waals surface area (Å²) in [5.74, 6) is -4.38. The molecule has 0 saturated heterocycles. The van der Waals surface area contributed by atoms with Gasteiger partial charge in [-0.3, -0.25) is 4.79 Å². The number of hydrogen-bond donors (Lipinski definition) is 1. The molecule has 23 heavy (non-hydrogen) atoms. The van der Waals surface area contributed by atoms with Crippen LogP contribution in [0.4, 0.5) is 18.9 Å². The second-order valence-corrected chi connectivity index (χ2v) is 4.81. The largest absolute Gasteiger partial charge is 0.452 e. The molecule has 8 heteroatoms. The van der Waals surface area contributed by atoms with Crippen LogP contribution in [-0.4, -0.2) is 18.5 Å². The number of hydrogen-bond acceptors (Lipinski definition) is 3. The summed E-state index contributed by atoms with van der Waals surface area (Å²) in [5.41, 5.74) is -0.372. The predicted molar refractivity (Wildman–Crippen MR) is 76.7 cm³/mol. The van der Waals surface area contributed by atoms with Gasteiger partial charge >= 0.3 is 5.97 Å². The molecule has 0 spiro atoms. The number of carbonyl (C=O) groups is 2. The smallest absolute Gasteiger partial charge is 0.338 e. The number of amides is 1. The molecule has 0 aliphatic heterocycles. The molecule has 0 bridgehead atoms. The molecular formula is C15H9ClF3NO3. The van der Waals surface area contributed by atoms with E-state index in [1.165, 1.54) is 6.07 Å². The standard InChI is InChI=1S/C15H9ClF3NO3/c16-12-2-1-9(17)6-13(12)20-14(21)7-23-15(22)8-3-10(18)5-11(19)4-8/h1-6H,7H2,(H,20,21). The third-order valence-corrected chi connectivity index (χ3v) is 2.96. The highest BCUT2D eigenvalue weighted by Gasteiger charge is 2.14. The van der Waals surface area contributed by atoms with Crippen molar-refractivity contribution >= 4 is 29.2 Å². The summed E-state index contributed by atoms with van der Waals surface area (Å²) in [4.78, 5) is 23.2. The molecule has 0 aliphatic rings. The summed E-state index contributed by atoms with van der Waals surface area (Å²) in [6.45, 7) is -0.732. The molecule has 2 aromatic carbocycles. The molecule has 4 nitrogen and oxygen atoms in total. The van der Waals surface area contributed by atoms with E-state index in [0.717, 1.165) is 24.3 Å². The maximum Gasteiger partial charge on any atom is 0.338 e. The SMILES string of the molecule is O=C(COC(=O)c1cc(F)cc(F)c1)Nc1cc(F)ccc1Cl. The maximum absolute atomic E-state index is 13.0. The third-order valence-electron chi connectivity index (χ3n) is 2.64. The topological polar surface area (TPSA) is 55.4 Å². The molecule has 0 fully saturated rings. The van der Waals surface area contributed by atoms with Gasteiger partial charge in [0, 0.05) is 6.07 Å². The molecular weight excluding hydrogens is 335 g/mol. The number of halogens is 4. The van der Waals surface area contributed by atoms with E-state index in [4.69, 9.17) is 11.6 Å². The molecule has 0 aliphatic carbocycles. The first-order chi connectivity index (χ1) is 10.8. The zero-order chi connectivity index (χ0) is 17.0. The van der Waals surface area contributed by atoms with Crippen molar-refractivity contribution in [2.45, 2.75) is 0 Å². The lowest BCUT2D eigenvalue weighted by Gasteiger charge is -2.08. The lowest BCUT2D eigenvalue weighted by atomic mass is 10.2. The van der Waals surface area contributed by atoms with Gasteiger partial charge in [0.1, 0.15) is 17.5 Å². The summed E-state index contributed by atoms with van der Waals surface area (Å²) in [7, 11) is 0. The Kier molecular flexibility index (Phi) is 5.23. The summed E-state index contributed by atoms with van der Waals surface area (Å²) in [5, 5.41) is 2.34. The monoisotopic (exact) mass is 343 g/mol. The van der Waals surface area contributed by atoms with Crippen molar-refractivity contribution in [3.8, 4) is 0 Å². The zero-order valence-electron chi connectivity index (χ0n) is 11.4. The quantitative estimate of drug-likeness (QED) is 0.864. The molecule has 0 radical (unpaired) electrons. The van der Waals surface area contributed by atoms with Crippen molar-refractivity contribution in [2.24, 2.45) is 0 Å². The Balaban J connectivity index is 1.96. The van der Waals surface area contributed by atoms with Crippen LogP contribution < -0.4 is 5.32 Å². The lowest BCUT2D eigenvalue weighted by Crippen LogP contribution is -2.21. The number of esters is 1. The maximum atomic E-state index is 13.0. The minimum atomic E-state index is -1.08. The molecule has 120 valence electrons. The molecule has 2 rings (SSSR count). The Labute approximate surface area is 133 Å². The van der Waals surface area contributed by atoms with Gasteiger partial charge in [-0.25, -0.2) is 18.0 Å². The summed E-state index contributed by atoms with van der Waals surface area (Å²) < 4.78 is 43.6. The number of nitrogens with one attached hydrogen (secondary N) is 1. The first-order valence-corrected chi connectivity index (χ1v) is 6.61. The molecule has 0 aromatic heterocycles. The molecule has 1 amide bonds. The van der Waals surface area contributed by atoms with Gasteiger partial charge in [0.25, 0.3) is 5.91 Å². The van der Waals surface area contributed by atoms with Gasteiger partial charge in [0.2, 0.25) is 0 Å². The van der Waals surface area contributed by atoms with Gasteiger partial charge < -0.3 is 10.1 Å². The number of anilines is 1. The van der Waals surface area contributed by atoms with Gasteiger partial charge in [-0.2, -0.15) is 0 Å². The van der Waals surface area contributed by atoms with E-state index in [1.54, 1.807) is 0 Å².